The Morgan fingerprint density at radius 2 is 2.11 bits per heavy atom. The normalized spacial score (nSPS) is 21.7. The Bertz CT molecular complexity index is 377. The average Bonchev–Trinajstić information content (AvgIpc) is 2.85. The number of aliphatic hydroxyl groups is 1. The van der Waals surface area contributed by atoms with E-state index in [1.54, 1.807) is 7.11 Å². The van der Waals surface area contributed by atoms with E-state index in [-0.39, 0.29) is 6.10 Å². The Morgan fingerprint density at radius 3 is 2.79 bits per heavy atom. The summed E-state index contributed by atoms with van der Waals surface area (Å²) in [5.41, 5.74) is 2.26. The van der Waals surface area contributed by atoms with Crippen LogP contribution in [-0.2, 0) is 4.74 Å². The summed E-state index contributed by atoms with van der Waals surface area (Å²) in [6.07, 6.45) is 1.68. The van der Waals surface area contributed by atoms with Gasteiger partial charge in [0, 0.05) is 20.2 Å². The van der Waals surface area contributed by atoms with E-state index in [1.807, 2.05) is 12.1 Å². The zero-order valence-electron chi connectivity index (χ0n) is 12.0. The summed E-state index contributed by atoms with van der Waals surface area (Å²) in [5, 5.41) is 10.2. The molecule has 2 atom stereocenters. The van der Waals surface area contributed by atoms with Crippen LogP contribution in [0.5, 0.6) is 0 Å². The van der Waals surface area contributed by atoms with Crippen LogP contribution in [0.1, 0.15) is 30.1 Å². The molecule has 1 saturated heterocycles. The monoisotopic (exact) mass is 263 g/mol. The van der Waals surface area contributed by atoms with Gasteiger partial charge in [-0.05, 0) is 37.8 Å². The number of aryl methyl sites for hydroxylation is 1. The Hall–Kier alpha value is -0.900. The summed E-state index contributed by atoms with van der Waals surface area (Å²) in [5.74, 6) is 0.668. The highest BCUT2D eigenvalue weighted by Gasteiger charge is 2.22. The summed E-state index contributed by atoms with van der Waals surface area (Å²) < 4.78 is 5.20. The maximum Gasteiger partial charge on any atom is 0.0802 e. The molecule has 0 radical (unpaired) electrons. The minimum Gasteiger partial charge on any atom is -0.388 e. The molecule has 106 valence electrons. The molecule has 1 aromatic carbocycles. The van der Waals surface area contributed by atoms with Crippen LogP contribution >= 0.6 is 0 Å². The molecule has 1 aromatic rings. The Balaban J connectivity index is 1.75. The minimum atomic E-state index is -0.345. The number of aliphatic hydroxyl groups excluding tert-OH is 1. The van der Waals surface area contributed by atoms with Gasteiger partial charge in [-0.25, -0.2) is 0 Å². The van der Waals surface area contributed by atoms with Crippen molar-refractivity contribution in [2.45, 2.75) is 25.9 Å². The molecule has 3 heteroatoms. The van der Waals surface area contributed by atoms with Gasteiger partial charge in [0.05, 0.1) is 12.7 Å². The molecule has 2 rings (SSSR count). The van der Waals surface area contributed by atoms with Gasteiger partial charge in [-0.1, -0.05) is 29.8 Å². The van der Waals surface area contributed by atoms with Crippen molar-refractivity contribution in [2.24, 2.45) is 5.92 Å². The van der Waals surface area contributed by atoms with Crippen molar-refractivity contribution in [1.82, 2.24) is 4.90 Å². The molecular formula is C16H25NO2. The third kappa shape index (κ3) is 4.30. The molecule has 19 heavy (non-hydrogen) atoms. The van der Waals surface area contributed by atoms with Gasteiger partial charge in [0.1, 0.15) is 0 Å². The number of hydrogen-bond donors (Lipinski definition) is 1. The van der Waals surface area contributed by atoms with Crippen LogP contribution in [0.4, 0.5) is 0 Å². The molecular weight excluding hydrogens is 238 g/mol. The summed E-state index contributed by atoms with van der Waals surface area (Å²) in [7, 11) is 1.77. The Kier molecular flexibility index (Phi) is 5.37. The first kappa shape index (κ1) is 14.5. The van der Waals surface area contributed by atoms with E-state index < -0.39 is 0 Å². The van der Waals surface area contributed by atoms with Crippen LogP contribution in [-0.4, -0.2) is 43.4 Å². The average molecular weight is 263 g/mol. The predicted molar refractivity (Wildman–Crippen MR) is 77.2 cm³/mol. The molecule has 0 bridgehead atoms. The van der Waals surface area contributed by atoms with E-state index in [1.165, 1.54) is 12.0 Å². The number of likely N-dealkylation sites (tertiary alicyclic amines) is 1. The Labute approximate surface area is 116 Å². The van der Waals surface area contributed by atoms with E-state index in [2.05, 4.69) is 24.0 Å². The van der Waals surface area contributed by atoms with E-state index in [0.29, 0.717) is 5.92 Å². The van der Waals surface area contributed by atoms with E-state index in [9.17, 15) is 5.11 Å². The number of nitrogens with zero attached hydrogens (tertiary/aromatic N) is 1. The zero-order chi connectivity index (χ0) is 13.7. The minimum absolute atomic E-state index is 0.345. The van der Waals surface area contributed by atoms with Gasteiger partial charge < -0.3 is 14.7 Å². The van der Waals surface area contributed by atoms with Crippen LogP contribution in [0.2, 0.25) is 0 Å². The third-order valence-corrected chi connectivity index (χ3v) is 3.95. The standard InChI is InChI=1S/C16H25NO2/c1-13-3-5-15(6-4-13)16(18)8-10-17-9-7-14(11-17)12-19-2/h3-6,14,16,18H,7-12H2,1-2H3. The van der Waals surface area contributed by atoms with Gasteiger partial charge in [-0.2, -0.15) is 0 Å². The quantitative estimate of drug-likeness (QED) is 0.855. The van der Waals surface area contributed by atoms with Gasteiger partial charge in [0.25, 0.3) is 0 Å². The first-order valence-corrected chi connectivity index (χ1v) is 7.15. The van der Waals surface area contributed by atoms with Gasteiger partial charge >= 0.3 is 0 Å². The third-order valence-electron chi connectivity index (χ3n) is 3.95. The lowest BCUT2D eigenvalue weighted by Crippen LogP contribution is -2.24. The lowest BCUT2D eigenvalue weighted by molar-refractivity contribution is 0.137. The number of benzene rings is 1. The highest BCUT2D eigenvalue weighted by molar-refractivity contribution is 5.23. The van der Waals surface area contributed by atoms with Crippen LogP contribution in [0, 0.1) is 12.8 Å². The number of rotatable bonds is 6. The molecule has 3 nitrogen and oxygen atoms in total. The first-order valence-electron chi connectivity index (χ1n) is 7.15. The van der Waals surface area contributed by atoms with Crippen molar-refractivity contribution in [3.63, 3.8) is 0 Å². The van der Waals surface area contributed by atoms with Gasteiger partial charge in [-0.15, -0.1) is 0 Å². The van der Waals surface area contributed by atoms with Crippen molar-refractivity contribution in [3.8, 4) is 0 Å². The zero-order valence-corrected chi connectivity index (χ0v) is 12.0. The van der Waals surface area contributed by atoms with Crippen LogP contribution in [0.3, 0.4) is 0 Å². The van der Waals surface area contributed by atoms with Crippen LogP contribution < -0.4 is 0 Å². The van der Waals surface area contributed by atoms with Gasteiger partial charge in [-0.3, -0.25) is 0 Å². The summed E-state index contributed by atoms with van der Waals surface area (Å²) in [6, 6.07) is 8.17. The smallest absolute Gasteiger partial charge is 0.0802 e. The van der Waals surface area contributed by atoms with Crippen molar-refractivity contribution < 1.29 is 9.84 Å². The van der Waals surface area contributed by atoms with E-state index >= 15 is 0 Å². The van der Waals surface area contributed by atoms with E-state index in [4.69, 9.17) is 4.74 Å². The lowest BCUT2D eigenvalue weighted by Gasteiger charge is -2.18. The molecule has 2 unspecified atom stereocenters. The molecule has 0 spiro atoms. The summed E-state index contributed by atoms with van der Waals surface area (Å²) in [6.45, 7) is 6.13. The summed E-state index contributed by atoms with van der Waals surface area (Å²) >= 11 is 0. The fourth-order valence-electron chi connectivity index (χ4n) is 2.75. The molecule has 1 aliphatic heterocycles. The second-order valence-electron chi connectivity index (χ2n) is 5.63. The second-order valence-corrected chi connectivity index (χ2v) is 5.63. The van der Waals surface area contributed by atoms with Crippen molar-refractivity contribution in [1.29, 1.82) is 0 Å². The SMILES string of the molecule is COCC1CCN(CCC(O)c2ccc(C)cc2)C1. The van der Waals surface area contributed by atoms with Crippen molar-refractivity contribution >= 4 is 0 Å². The first-order chi connectivity index (χ1) is 9.19. The summed E-state index contributed by atoms with van der Waals surface area (Å²) in [4.78, 5) is 2.43. The van der Waals surface area contributed by atoms with Crippen molar-refractivity contribution in [3.05, 3.63) is 35.4 Å². The van der Waals surface area contributed by atoms with E-state index in [0.717, 1.165) is 38.2 Å². The molecule has 0 aliphatic carbocycles. The van der Waals surface area contributed by atoms with Gasteiger partial charge in [0.15, 0.2) is 0 Å². The highest BCUT2D eigenvalue weighted by Crippen LogP contribution is 2.21. The largest absolute Gasteiger partial charge is 0.388 e. The topological polar surface area (TPSA) is 32.7 Å². The molecule has 1 N–H and O–H groups in total. The van der Waals surface area contributed by atoms with Gasteiger partial charge in [0.2, 0.25) is 0 Å². The fraction of sp³-hybridized carbons (Fsp3) is 0.625. The lowest BCUT2D eigenvalue weighted by atomic mass is 10.0. The van der Waals surface area contributed by atoms with Crippen LogP contribution in [0.15, 0.2) is 24.3 Å². The highest BCUT2D eigenvalue weighted by atomic mass is 16.5. The number of hydrogen-bond acceptors (Lipinski definition) is 3. The number of methoxy groups -OCH3 is 1. The molecule has 0 saturated carbocycles. The molecule has 0 amide bonds. The molecule has 1 heterocycles. The molecule has 0 aromatic heterocycles. The maximum absolute atomic E-state index is 10.2. The van der Waals surface area contributed by atoms with Crippen LogP contribution in [0.25, 0.3) is 0 Å². The van der Waals surface area contributed by atoms with Crippen molar-refractivity contribution in [2.75, 3.05) is 33.4 Å². The molecule has 1 aliphatic rings. The number of ether oxygens (including phenoxy) is 1. The fourth-order valence-corrected chi connectivity index (χ4v) is 2.75. The second kappa shape index (κ2) is 7.04. The Morgan fingerprint density at radius 1 is 1.37 bits per heavy atom. The maximum atomic E-state index is 10.2. The molecule has 1 fully saturated rings. The predicted octanol–water partition coefficient (Wildman–Crippen LogP) is 2.39.